The summed E-state index contributed by atoms with van der Waals surface area (Å²) in [6, 6.07) is 8.47. The summed E-state index contributed by atoms with van der Waals surface area (Å²) < 4.78 is 0. The number of amides is 2. The second-order valence-corrected chi connectivity index (χ2v) is 7.60. The molecule has 142 valence electrons. The van der Waals surface area contributed by atoms with Gasteiger partial charge in [-0.25, -0.2) is 4.98 Å². The number of halogens is 2. The van der Waals surface area contributed by atoms with Gasteiger partial charge < -0.3 is 10.2 Å². The first-order valence-electron chi connectivity index (χ1n) is 8.91. The van der Waals surface area contributed by atoms with Crippen LogP contribution in [0.15, 0.2) is 30.3 Å². The fraction of sp³-hybridized carbons (Fsp3) is 0.350. The number of carbonyl (C=O) groups is 2. The highest BCUT2D eigenvalue weighted by Crippen LogP contribution is 2.23. The van der Waals surface area contributed by atoms with Crippen molar-refractivity contribution in [1.82, 2.24) is 9.88 Å². The van der Waals surface area contributed by atoms with Crippen LogP contribution in [0.2, 0.25) is 10.3 Å². The van der Waals surface area contributed by atoms with Gasteiger partial charge in [0.25, 0.3) is 11.8 Å². The summed E-state index contributed by atoms with van der Waals surface area (Å²) in [4.78, 5) is 31.0. The number of aryl methyl sites for hydroxylation is 1. The van der Waals surface area contributed by atoms with Crippen LogP contribution < -0.4 is 5.32 Å². The van der Waals surface area contributed by atoms with Gasteiger partial charge in [0.05, 0.1) is 0 Å². The summed E-state index contributed by atoms with van der Waals surface area (Å²) in [6.45, 7) is 4.74. The lowest BCUT2D eigenvalue weighted by Crippen LogP contribution is -2.42. The summed E-state index contributed by atoms with van der Waals surface area (Å²) in [6.07, 6.45) is 3.24. The number of aromatic nitrogens is 1. The van der Waals surface area contributed by atoms with Crippen molar-refractivity contribution in [3.8, 4) is 0 Å². The monoisotopic (exact) mass is 405 g/mol. The molecular formula is C20H21Cl2N3O2. The third kappa shape index (κ3) is 4.60. The summed E-state index contributed by atoms with van der Waals surface area (Å²) in [5.41, 5.74) is 2.40. The Morgan fingerprint density at radius 2 is 1.81 bits per heavy atom. The molecule has 1 saturated heterocycles. The van der Waals surface area contributed by atoms with Gasteiger partial charge in [0.15, 0.2) is 0 Å². The molecule has 0 spiro atoms. The van der Waals surface area contributed by atoms with Gasteiger partial charge in [-0.2, -0.15) is 0 Å². The van der Waals surface area contributed by atoms with Crippen LogP contribution in [0.25, 0.3) is 0 Å². The number of rotatable bonds is 3. The quantitative estimate of drug-likeness (QED) is 0.733. The Labute approximate surface area is 168 Å². The van der Waals surface area contributed by atoms with Gasteiger partial charge >= 0.3 is 0 Å². The normalized spacial score (nSPS) is 16.9. The Kier molecular flexibility index (Phi) is 6.02. The summed E-state index contributed by atoms with van der Waals surface area (Å²) >= 11 is 11.7. The van der Waals surface area contributed by atoms with Crippen LogP contribution in [0.4, 0.5) is 5.69 Å². The number of piperidine rings is 1. The van der Waals surface area contributed by atoms with Crippen LogP contribution >= 0.6 is 23.2 Å². The minimum atomic E-state index is -0.340. The minimum Gasteiger partial charge on any atom is -0.336 e. The highest BCUT2D eigenvalue weighted by Gasteiger charge is 2.24. The first-order valence-corrected chi connectivity index (χ1v) is 9.67. The molecule has 1 aromatic heterocycles. The van der Waals surface area contributed by atoms with Crippen LogP contribution in [0.1, 0.15) is 52.5 Å². The number of nitrogens with one attached hydrogen (secondary N) is 1. The topological polar surface area (TPSA) is 62.3 Å². The molecule has 1 fully saturated rings. The molecule has 1 atom stereocenters. The van der Waals surface area contributed by atoms with E-state index in [1.54, 1.807) is 12.1 Å². The molecule has 2 aromatic rings. The van der Waals surface area contributed by atoms with Crippen molar-refractivity contribution in [1.29, 1.82) is 0 Å². The number of pyridine rings is 1. The lowest BCUT2D eigenvalue weighted by Gasteiger charge is -2.33. The largest absolute Gasteiger partial charge is 0.336 e. The first kappa shape index (κ1) is 19.6. The molecule has 27 heavy (non-hydrogen) atoms. The first-order chi connectivity index (χ1) is 12.8. The van der Waals surface area contributed by atoms with Crippen molar-refractivity contribution in [2.75, 3.05) is 11.9 Å². The number of carbonyl (C=O) groups excluding carboxylic acids is 2. The van der Waals surface area contributed by atoms with Gasteiger partial charge in [0, 0.05) is 29.4 Å². The molecule has 0 bridgehead atoms. The molecule has 3 rings (SSSR count). The average Bonchev–Trinajstić information content (AvgIpc) is 2.62. The fourth-order valence-corrected chi connectivity index (χ4v) is 3.75. The van der Waals surface area contributed by atoms with Crippen molar-refractivity contribution in [2.24, 2.45) is 0 Å². The molecule has 7 heteroatoms. The SMILES string of the molecule is Cc1cc(C(=O)N2CCCCC2C)ccc1NC(=O)c1cc(Cl)nc(Cl)c1. The standard InChI is InChI=1S/C20H21Cl2N3O2/c1-12-9-14(20(27)25-8-4-3-5-13(25)2)6-7-16(12)23-19(26)15-10-17(21)24-18(22)11-15/h6-7,9-11,13H,3-5,8H2,1-2H3,(H,23,26). The smallest absolute Gasteiger partial charge is 0.255 e. The highest BCUT2D eigenvalue weighted by atomic mass is 35.5. The van der Waals surface area contributed by atoms with E-state index in [-0.39, 0.29) is 28.2 Å². The number of benzene rings is 1. The number of hydrogen-bond acceptors (Lipinski definition) is 3. The van der Waals surface area contributed by atoms with Crippen LogP contribution in [-0.4, -0.2) is 34.3 Å². The molecule has 1 unspecified atom stereocenters. The van der Waals surface area contributed by atoms with E-state index in [1.165, 1.54) is 12.1 Å². The van der Waals surface area contributed by atoms with E-state index in [0.717, 1.165) is 31.4 Å². The number of nitrogens with zero attached hydrogens (tertiary/aromatic N) is 2. The van der Waals surface area contributed by atoms with Gasteiger partial charge in [-0.15, -0.1) is 0 Å². The van der Waals surface area contributed by atoms with E-state index in [0.29, 0.717) is 16.8 Å². The predicted molar refractivity (Wildman–Crippen MR) is 108 cm³/mol. The maximum absolute atomic E-state index is 12.8. The molecule has 5 nitrogen and oxygen atoms in total. The molecule has 0 radical (unpaired) electrons. The Balaban J connectivity index is 1.76. The predicted octanol–water partition coefficient (Wildman–Crippen LogP) is 4.96. The Bertz CT molecular complexity index is 865. The van der Waals surface area contributed by atoms with Crippen LogP contribution in [0, 0.1) is 6.92 Å². The number of likely N-dealkylation sites (tertiary alicyclic amines) is 1. The zero-order chi connectivity index (χ0) is 19.6. The summed E-state index contributed by atoms with van der Waals surface area (Å²) in [5, 5.41) is 3.13. The lowest BCUT2D eigenvalue weighted by molar-refractivity contribution is 0.0635. The number of anilines is 1. The molecule has 1 aromatic carbocycles. The summed E-state index contributed by atoms with van der Waals surface area (Å²) in [5.74, 6) is -0.302. The maximum Gasteiger partial charge on any atom is 0.255 e. The maximum atomic E-state index is 12.8. The molecule has 2 amide bonds. The molecule has 1 aliphatic heterocycles. The van der Waals surface area contributed by atoms with Crippen molar-refractivity contribution in [2.45, 2.75) is 39.2 Å². The second kappa shape index (κ2) is 8.28. The zero-order valence-electron chi connectivity index (χ0n) is 15.3. The molecule has 2 heterocycles. The molecule has 0 saturated carbocycles. The van der Waals surface area contributed by atoms with E-state index in [2.05, 4.69) is 17.2 Å². The average molecular weight is 406 g/mol. The fourth-order valence-electron chi connectivity index (χ4n) is 3.29. The molecular weight excluding hydrogens is 385 g/mol. The zero-order valence-corrected chi connectivity index (χ0v) is 16.8. The van der Waals surface area contributed by atoms with Crippen molar-refractivity contribution < 1.29 is 9.59 Å². The molecule has 1 aliphatic rings. The Morgan fingerprint density at radius 1 is 1.11 bits per heavy atom. The van der Waals surface area contributed by atoms with E-state index in [4.69, 9.17) is 23.2 Å². The third-order valence-electron chi connectivity index (χ3n) is 4.81. The van der Waals surface area contributed by atoms with Crippen LogP contribution in [0.5, 0.6) is 0 Å². The third-order valence-corrected chi connectivity index (χ3v) is 5.20. The van der Waals surface area contributed by atoms with E-state index in [1.807, 2.05) is 17.9 Å². The van der Waals surface area contributed by atoms with Crippen LogP contribution in [0.3, 0.4) is 0 Å². The van der Waals surface area contributed by atoms with Gasteiger partial charge in [-0.1, -0.05) is 23.2 Å². The second-order valence-electron chi connectivity index (χ2n) is 6.83. The van der Waals surface area contributed by atoms with Crippen molar-refractivity contribution >= 4 is 40.7 Å². The van der Waals surface area contributed by atoms with Gasteiger partial charge in [-0.3, -0.25) is 9.59 Å². The highest BCUT2D eigenvalue weighted by molar-refractivity contribution is 6.33. The van der Waals surface area contributed by atoms with E-state index >= 15 is 0 Å². The number of hydrogen-bond donors (Lipinski definition) is 1. The van der Waals surface area contributed by atoms with Gasteiger partial charge in [-0.05, 0) is 69.0 Å². The van der Waals surface area contributed by atoms with Gasteiger partial charge in [0.1, 0.15) is 10.3 Å². The van der Waals surface area contributed by atoms with Crippen LogP contribution in [-0.2, 0) is 0 Å². The summed E-state index contributed by atoms with van der Waals surface area (Å²) in [7, 11) is 0. The van der Waals surface area contributed by atoms with Crippen molar-refractivity contribution in [3.05, 3.63) is 57.3 Å². The lowest BCUT2D eigenvalue weighted by atomic mass is 10.0. The molecule has 1 N–H and O–H groups in total. The Hall–Kier alpha value is -2.11. The Morgan fingerprint density at radius 3 is 2.44 bits per heavy atom. The minimum absolute atomic E-state index is 0.0378. The van der Waals surface area contributed by atoms with E-state index in [9.17, 15) is 9.59 Å². The van der Waals surface area contributed by atoms with Gasteiger partial charge in [0.2, 0.25) is 0 Å². The molecule has 0 aliphatic carbocycles. The van der Waals surface area contributed by atoms with E-state index < -0.39 is 0 Å². The van der Waals surface area contributed by atoms with Crippen molar-refractivity contribution in [3.63, 3.8) is 0 Å².